The van der Waals surface area contributed by atoms with Crippen molar-refractivity contribution in [3.05, 3.63) is 33.3 Å². The predicted octanol–water partition coefficient (Wildman–Crippen LogP) is 1.53. The Labute approximate surface area is 102 Å². The summed E-state index contributed by atoms with van der Waals surface area (Å²) in [5, 5.41) is 17.9. The normalized spacial score (nSPS) is 9.62. The number of aliphatic hydroxyl groups is 1. The highest BCUT2D eigenvalue weighted by molar-refractivity contribution is 9.10. The first-order chi connectivity index (χ1) is 7.62. The molecule has 1 rings (SSSR count). The summed E-state index contributed by atoms with van der Waals surface area (Å²) in [6, 6.07) is 5.20. The molecule has 0 spiro atoms. The van der Waals surface area contributed by atoms with E-state index in [0.717, 1.165) is 0 Å². The zero-order chi connectivity index (χ0) is 12.1. The van der Waals surface area contributed by atoms with Crippen LogP contribution in [0.2, 0.25) is 0 Å². The Hall–Kier alpha value is -1.38. The molecule has 0 fully saturated rings. The number of rotatable bonds is 3. The van der Waals surface area contributed by atoms with Crippen molar-refractivity contribution in [1.82, 2.24) is 0 Å². The second-order valence-electron chi connectivity index (χ2n) is 3.12. The van der Waals surface area contributed by atoms with Gasteiger partial charge in [0.15, 0.2) is 0 Å². The lowest BCUT2D eigenvalue weighted by atomic mass is 10.0. The Morgan fingerprint density at radius 1 is 1.56 bits per heavy atom. The molecule has 1 aromatic rings. The molecular formula is C11H10BrNO3. The summed E-state index contributed by atoms with van der Waals surface area (Å²) in [5.41, 5.74) is 1.57. The fraction of sp³-hybridized carbons (Fsp3) is 0.273. The minimum Gasteiger partial charge on any atom is -0.469 e. The van der Waals surface area contributed by atoms with Crippen molar-refractivity contribution >= 4 is 21.9 Å². The number of carbonyl (C=O) groups excluding carboxylic acids is 1. The number of esters is 1. The van der Waals surface area contributed by atoms with Crippen molar-refractivity contribution in [1.29, 1.82) is 5.26 Å². The highest BCUT2D eigenvalue weighted by Gasteiger charge is 2.11. The van der Waals surface area contributed by atoms with E-state index >= 15 is 0 Å². The van der Waals surface area contributed by atoms with Crippen LogP contribution in [0.15, 0.2) is 16.6 Å². The van der Waals surface area contributed by atoms with E-state index in [1.165, 1.54) is 7.11 Å². The van der Waals surface area contributed by atoms with Gasteiger partial charge in [-0.05, 0) is 23.3 Å². The number of methoxy groups -OCH3 is 1. The molecule has 0 bridgehead atoms. The van der Waals surface area contributed by atoms with Gasteiger partial charge in [0, 0.05) is 4.47 Å². The van der Waals surface area contributed by atoms with Crippen LogP contribution in [0, 0.1) is 11.3 Å². The van der Waals surface area contributed by atoms with Crippen molar-refractivity contribution in [2.45, 2.75) is 13.0 Å². The Morgan fingerprint density at radius 3 is 2.75 bits per heavy atom. The van der Waals surface area contributed by atoms with E-state index in [2.05, 4.69) is 20.7 Å². The summed E-state index contributed by atoms with van der Waals surface area (Å²) in [4.78, 5) is 11.1. The average Bonchev–Trinajstić information content (AvgIpc) is 2.29. The van der Waals surface area contributed by atoms with Crippen LogP contribution in [-0.4, -0.2) is 18.2 Å². The summed E-state index contributed by atoms with van der Waals surface area (Å²) in [6.45, 7) is -0.159. The van der Waals surface area contributed by atoms with Crippen molar-refractivity contribution < 1.29 is 14.6 Å². The topological polar surface area (TPSA) is 70.3 Å². The van der Waals surface area contributed by atoms with Gasteiger partial charge in [0.2, 0.25) is 0 Å². The van der Waals surface area contributed by atoms with E-state index in [1.54, 1.807) is 12.1 Å². The highest BCUT2D eigenvalue weighted by Crippen LogP contribution is 2.22. The van der Waals surface area contributed by atoms with Gasteiger partial charge < -0.3 is 9.84 Å². The van der Waals surface area contributed by atoms with Crippen LogP contribution in [0.4, 0.5) is 0 Å². The molecule has 0 aliphatic carbocycles. The van der Waals surface area contributed by atoms with Crippen LogP contribution in [0.1, 0.15) is 16.7 Å². The lowest BCUT2D eigenvalue weighted by Crippen LogP contribution is -2.06. The zero-order valence-electron chi connectivity index (χ0n) is 8.66. The second-order valence-corrected chi connectivity index (χ2v) is 3.98. The maximum Gasteiger partial charge on any atom is 0.310 e. The molecular weight excluding hydrogens is 274 g/mol. The van der Waals surface area contributed by atoms with E-state index < -0.39 is 5.97 Å². The maximum absolute atomic E-state index is 11.1. The molecule has 84 valence electrons. The summed E-state index contributed by atoms with van der Waals surface area (Å²) in [6.07, 6.45) is 0.0453. The molecule has 0 saturated heterocycles. The van der Waals surface area contributed by atoms with Gasteiger partial charge in [-0.2, -0.15) is 5.26 Å². The van der Waals surface area contributed by atoms with Crippen molar-refractivity contribution in [3.63, 3.8) is 0 Å². The second kappa shape index (κ2) is 5.64. The number of benzene rings is 1. The Balaban J connectivity index is 3.14. The molecule has 4 nitrogen and oxygen atoms in total. The Morgan fingerprint density at radius 2 is 2.25 bits per heavy atom. The van der Waals surface area contributed by atoms with Crippen LogP contribution < -0.4 is 0 Å². The average molecular weight is 284 g/mol. The smallest absolute Gasteiger partial charge is 0.310 e. The molecule has 1 aromatic carbocycles. The molecule has 0 atom stereocenters. The molecule has 0 aromatic heterocycles. The van der Waals surface area contributed by atoms with Crippen LogP contribution >= 0.6 is 15.9 Å². The predicted molar refractivity (Wildman–Crippen MR) is 60.5 cm³/mol. The van der Waals surface area contributed by atoms with Gasteiger partial charge in [-0.1, -0.05) is 15.9 Å². The number of hydrogen-bond donors (Lipinski definition) is 1. The van der Waals surface area contributed by atoms with Crippen molar-refractivity contribution in [2.75, 3.05) is 7.11 Å². The first-order valence-corrected chi connectivity index (χ1v) is 5.30. The molecule has 0 aliphatic heterocycles. The number of hydrogen-bond acceptors (Lipinski definition) is 4. The SMILES string of the molecule is COC(=O)Cc1cc(Br)c(CO)cc1C#N. The molecule has 1 N–H and O–H groups in total. The third-order valence-corrected chi connectivity index (χ3v) is 2.86. The lowest BCUT2D eigenvalue weighted by molar-refractivity contribution is -0.139. The quantitative estimate of drug-likeness (QED) is 0.854. The van der Waals surface area contributed by atoms with Gasteiger partial charge in [-0.15, -0.1) is 0 Å². The number of aliphatic hydroxyl groups excluding tert-OH is 1. The minimum atomic E-state index is -0.403. The summed E-state index contributed by atoms with van der Waals surface area (Å²) in [5.74, 6) is -0.403. The first kappa shape index (κ1) is 12.7. The fourth-order valence-corrected chi connectivity index (χ4v) is 1.77. The number of nitriles is 1. The third kappa shape index (κ3) is 2.81. The van der Waals surface area contributed by atoms with Gasteiger partial charge in [-0.3, -0.25) is 4.79 Å². The van der Waals surface area contributed by atoms with E-state index in [1.807, 2.05) is 6.07 Å². The molecule has 0 saturated carbocycles. The molecule has 0 unspecified atom stereocenters. The Kier molecular flexibility index (Phi) is 4.47. The van der Waals surface area contributed by atoms with Crippen LogP contribution in [0.3, 0.4) is 0 Å². The fourth-order valence-electron chi connectivity index (χ4n) is 1.26. The highest BCUT2D eigenvalue weighted by atomic mass is 79.9. The van der Waals surface area contributed by atoms with E-state index in [0.29, 0.717) is 21.2 Å². The molecule has 5 heteroatoms. The van der Waals surface area contributed by atoms with Gasteiger partial charge in [0.25, 0.3) is 0 Å². The number of nitrogens with zero attached hydrogens (tertiary/aromatic N) is 1. The number of ether oxygens (including phenoxy) is 1. The van der Waals surface area contributed by atoms with Crippen LogP contribution in [0.25, 0.3) is 0 Å². The van der Waals surface area contributed by atoms with E-state index in [4.69, 9.17) is 10.4 Å². The zero-order valence-corrected chi connectivity index (χ0v) is 10.2. The maximum atomic E-state index is 11.1. The summed E-state index contributed by atoms with van der Waals surface area (Å²) in [7, 11) is 1.30. The van der Waals surface area contributed by atoms with Crippen molar-refractivity contribution in [2.24, 2.45) is 0 Å². The van der Waals surface area contributed by atoms with Crippen LogP contribution in [0.5, 0.6) is 0 Å². The summed E-state index contributed by atoms with van der Waals surface area (Å²) >= 11 is 3.26. The first-order valence-electron chi connectivity index (χ1n) is 4.51. The third-order valence-electron chi connectivity index (χ3n) is 2.13. The molecule has 0 aliphatic rings. The van der Waals surface area contributed by atoms with E-state index in [-0.39, 0.29) is 13.0 Å². The standard InChI is InChI=1S/C11H10BrNO3/c1-16-11(15)4-7-3-10(12)9(6-14)2-8(7)5-13/h2-3,14H,4,6H2,1H3. The minimum absolute atomic E-state index is 0.0453. The molecule has 16 heavy (non-hydrogen) atoms. The Bertz CT molecular complexity index is 451. The summed E-state index contributed by atoms with van der Waals surface area (Å²) < 4.78 is 5.21. The van der Waals surface area contributed by atoms with Gasteiger partial charge in [0.05, 0.1) is 31.8 Å². The van der Waals surface area contributed by atoms with E-state index in [9.17, 15) is 4.79 Å². The van der Waals surface area contributed by atoms with Gasteiger partial charge >= 0.3 is 5.97 Å². The van der Waals surface area contributed by atoms with Gasteiger partial charge in [0.1, 0.15) is 0 Å². The molecule has 0 amide bonds. The monoisotopic (exact) mass is 283 g/mol. The molecule has 0 heterocycles. The largest absolute Gasteiger partial charge is 0.469 e. The van der Waals surface area contributed by atoms with Gasteiger partial charge in [-0.25, -0.2) is 0 Å². The molecule has 0 radical (unpaired) electrons. The number of halogens is 1. The van der Waals surface area contributed by atoms with Crippen molar-refractivity contribution in [3.8, 4) is 6.07 Å². The van der Waals surface area contributed by atoms with Crippen LogP contribution in [-0.2, 0) is 22.6 Å². The lowest BCUT2D eigenvalue weighted by Gasteiger charge is -2.07. The number of carbonyl (C=O) groups is 1.